The predicted molar refractivity (Wildman–Crippen MR) is 76.7 cm³/mol. The van der Waals surface area contributed by atoms with Crippen molar-refractivity contribution in [1.29, 1.82) is 0 Å². The molecule has 1 aromatic carbocycles. The van der Waals surface area contributed by atoms with Gasteiger partial charge in [-0.25, -0.2) is 0 Å². The lowest BCUT2D eigenvalue weighted by atomic mass is 9.95. The smallest absolute Gasteiger partial charge is 0.308 e. The molecule has 1 aliphatic heterocycles. The zero-order valence-corrected chi connectivity index (χ0v) is 11.7. The summed E-state index contributed by atoms with van der Waals surface area (Å²) in [6.07, 6.45) is 0.505. The summed E-state index contributed by atoms with van der Waals surface area (Å²) in [4.78, 5) is 23.3. The van der Waals surface area contributed by atoms with Crippen LogP contribution in [0.5, 0.6) is 0 Å². The molecule has 1 aliphatic rings. The molecule has 0 spiro atoms. The van der Waals surface area contributed by atoms with Crippen LogP contribution in [0.3, 0.4) is 0 Å². The highest BCUT2D eigenvalue weighted by atomic mass is 16.4. The van der Waals surface area contributed by atoms with Gasteiger partial charge in [-0.15, -0.1) is 0 Å². The number of hydrogen-bond donors (Lipinski definition) is 3. The number of anilines is 1. The molecule has 1 amide bonds. The minimum atomic E-state index is -0.870. The summed E-state index contributed by atoms with van der Waals surface area (Å²) >= 11 is 0. The van der Waals surface area contributed by atoms with Gasteiger partial charge in [-0.3, -0.25) is 9.59 Å². The SMILES string of the molecule is CCC(CNC(=O)C1c2ccccc2NC1C)C(=O)O. The topological polar surface area (TPSA) is 78.4 Å². The second-order valence-corrected chi connectivity index (χ2v) is 5.19. The Morgan fingerprint density at radius 3 is 2.75 bits per heavy atom. The molecule has 3 unspecified atom stereocenters. The molecule has 20 heavy (non-hydrogen) atoms. The average Bonchev–Trinajstić information content (AvgIpc) is 2.74. The predicted octanol–water partition coefficient (Wildman–Crippen LogP) is 1.81. The van der Waals surface area contributed by atoms with Crippen LogP contribution in [-0.2, 0) is 9.59 Å². The van der Waals surface area contributed by atoms with E-state index in [-0.39, 0.29) is 24.4 Å². The number of hydrogen-bond acceptors (Lipinski definition) is 3. The lowest BCUT2D eigenvalue weighted by molar-refractivity contribution is -0.141. The number of nitrogens with one attached hydrogen (secondary N) is 2. The number of fused-ring (bicyclic) bond motifs is 1. The van der Waals surface area contributed by atoms with Gasteiger partial charge in [0.2, 0.25) is 5.91 Å². The van der Waals surface area contributed by atoms with Gasteiger partial charge in [0.15, 0.2) is 0 Å². The minimum Gasteiger partial charge on any atom is -0.481 e. The Bertz CT molecular complexity index is 516. The summed E-state index contributed by atoms with van der Waals surface area (Å²) < 4.78 is 0. The fraction of sp³-hybridized carbons (Fsp3) is 0.467. The Kier molecular flexibility index (Phi) is 4.27. The summed E-state index contributed by atoms with van der Waals surface area (Å²) in [6, 6.07) is 7.73. The molecule has 0 saturated heterocycles. The second-order valence-electron chi connectivity index (χ2n) is 5.19. The third-order valence-corrected chi connectivity index (χ3v) is 3.83. The normalized spacial score (nSPS) is 21.7. The quantitative estimate of drug-likeness (QED) is 0.766. The van der Waals surface area contributed by atoms with Crippen molar-refractivity contribution >= 4 is 17.6 Å². The van der Waals surface area contributed by atoms with Crippen LogP contribution in [0.4, 0.5) is 5.69 Å². The standard InChI is InChI=1S/C15H20N2O3/c1-3-10(15(19)20)8-16-14(18)13-9(2)17-12-7-5-4-6-11(12)13/h4-7,9-10,13,17H,3,8H2,1-2H3,(H,16,18)(H,19,20). The maximum atomic E-state index is 12.3. The van der Waals surface area contributed by atoms with Crippen molar-refractivity contribution in [3.63, 3.8) is 0 Å². The van der Waals surface area contributed by atoms with E-state index in [1.807, 2.05) is 31.2 Å². The van der Waals surface area contributed by atoms with Crippen molar-refractivity contribution in [2.24, 2.45) is 5.92 Å². The summed E-state index contributed by atoms with van der Waals surface area (Å²) in [6.45, 7) is 3.94. The first kappa shape index (κ1) is 14.4. The van der Waals surface area contributed by atoms with Gasteiger partial charge in [-0.05, 0) is 25.0 Å². The highest BCUT2D eigenvalue weighted by Gasteiger charge is 2.34. The van der Waals surface area contributed by atoms with E-state index in [0.717, 1.165) is 11.3 Å². The second kappa shape index (κ2) is 5.94. The fourth-order valence-electron chi connectivity index (χ4n) is 2.61. The molecule has 0 radical (unpaired) electrons. The van der Waals surface area contributed by atoms with Gasteiger partial charge in [0.25, 0.3) is 0 Å². The van der Waals surface area contributed by atoms with Crippen molar-refractivity contribution in [2.75, 3.05) is 11.9 Å². The van der Waals surface area contributed by atoms with Crippen LogP contribution >= 0.6 is 0 Å². The number of aliphatic carboxylic acids is 1. The van der Waals surface area contributed by atoms with E-state index in [1.54, 1.807) is 6.92 Å². The Morgan fingerprint density at radius 1 is 1.40 bits per heavy atom. The van der Waals surface area contributed by atoms with Crippen molar-refractivity contribution in [2.45, 2.75) is 32.2 Å². The van der Waals surface area contributed by atoms with E-state index in [2.05, 4.69) is 10.6 Å². The van der Waals surface area contributed by atoms with Crippen molar-refractivity contribution in [3.8, 4) is 0 Å². The third-order valence-electron chi connectivity index (χ3n) is 3.83. The number of benzene rings is 1. The molecule has 0 bridgehead atoms. The first-order valence-corrected chi connectivity index (χ1v) is 6.90. The van der Waals surface area contributed by atoms with Gasteiger partial charge >= 0.3 is 5.97 Å². The molecule has 1 aromatic rings. The molecule has 108 valence electrons. The van der Waals surface area contributed by atoms with Gasteiger partial charge in [-0.1, -0.05) is 25.1 Å². The average molecular weight is 276 g/mol. The number of rotatable bonds is 5. The van der Waals surface area contributed by atoms with Crippen LogP contribution in [-0.4, -0.2) is 29.6 Å². The molecule has 2 rings (SSSR count). The Labute approximate surface area is 118 Å². The van der Waals surface area contributed by atoms with E-state index >= 15 is 0 Å². The number of carbonyl (C=O) groups excluding carboxylic acids is 1. The zero-order valence-electron chi connectivity index (χ0n) is 11.7. The third kappa shape index (κ3) is 2.76. The van der Waals surface area contributed by atoms with Crippen molar-refractivity contribution in [1.82, 2.24) is 5.32 Å². The Hall–Kier alpha value is -2.04. The summed E-state index contributed by atoms with van der Waals surface area (Å²) in [5.41, 5.74) is 1.95. The maximum absolute atomic E-state index is 12.3. The maximum Gasteiger partial charge on any atom is 0.308 e. The van der Waals surface area contributed by atoms with Crippen LogP contribution in [0.2, 0.25) is 0 Å². The van der Waals surface area contributed by atoms with Crippen molar-refractivity contribution in [3.05, 3.63) is 29.8 Å². The molecule has 5 heteroatoms. The molecule has 0 fully saturated rings. The Morgan fingerprint density at radius 2 is 2.10 bits per heavy atom. The number of para-hydroxylation sites is 1. The highest BCUT2D eigenvalue weighted by Crippen LogP contribution is 2.35. The zero-order chi connectivity index (χ0) is 14.7. The molecule has 5 nitrogen and oxygen atoms in total. The molecule has 1 heterocycles. The van der Waals surface area contributed by atoms with E-state index in [9.17, 15) is 9.59 Å². The number of amides is 1. The number of carboxylic acids is 1. The van der Waals surface area contributed by atoms with Gasteiger partial charge in [-0.2, -0.15) is 0 Å². The molecular formula is C15H20N2O3. The largest absolute Gasteiger partial charge is 0.481 e. The number of carbonyl (C=O) groups is 2. The van der Waals surface area contributed by atoms with E-state index in [1.165, 1.54) is 0 Å². The van der Waals surface area contributed by atoms with Gasteiger partial charge < -0.3 is 15.7 Å². The van der Waals surface area contributed by atoms with Gasteiger partial charge in [0.05, 0.1) is 11.8 Å². The molecule has 0 aromatic heterocycles. The highest BCUT2D eigenvalue weighted by molar-refractivity contribution is 5.89. The van der Waals surface area contributed by atoms with Crippen LogP contribution in [0.25, 0.3) is 0 Å². The molecule has 3 N–H and O–H groups in total. The lowest BCUT2D eigenvalue weighted by Crippen LogP contribution is -2.38. The molecule has 0 saturated carbocycles. The van der Waals surface area contributed by atoms with Crippen LogP contribution in [0.1, 0.15) is 31.7 Å². The minimum absolute atomic E-state index is 0.0114. The van der Waals surface area contributed by atoms with Gasteiger partial charge in [0, 0.05) is 18.3 Å². The molecule has 0 aliphatic carbocycles. The van der Waals surface area contributed by atoms with E-state index in [4.69, 9.17) is 5.11 Å². The summed E-state index contributed by atoms with van der Waals surface area (Å²) in [5.74, 6) is -1.78. The lowest BCUT2D eigenvalue weighted by Gasteiger charge is -2.18. The Balaban J connectivity index is 2.05. The summed E-state index contributed by atoms with van der Waals surface area (Å²) in [7, 11) is 0. The van der Waals surface area contributed by atoms with Gasteiger partial charge in [0.1, 0.15) is 0 Å². The van der Waals surface area contributed by atoms with Crippen LogP contribution in [0, 0.1) is 5.92 Å². The van der Waals surface area contributed by atoms with E-state index in [0.29, 0.717) is 6.42 Å². The summed E-state index contributed by atoms with van der Waals surface area (Å²) in [5, 5.41) is 15.0. The first-order valence-electron chi connectivity index (χ1n) is 6.90. The van der Waals surface area contributed by atoms with Crippen LogP contribution in [0.15, 0.2) is 24.3 Å². The molecular weight excluding hydrogens is 256 g/mol. The first-order chi connectivity index (χ1) is 9.54. The van der Waals surface area contributed by atoms with Crippen molar-refractivity contribution < 1.29 is 14.7 Å². The fourth-order valence-corrected chi connectivity index (χ4v) is 2.61. The monoisotopic (exact) mass is 276 g/mol. The number of carboxylic acid groups (broad SMARTS) is 1. The van der Waals surface area contributed by atoms with E-state index < -0.39 is 11.9 Å². The molecule has 3 atom stereocenters. The van der Waals surface area contributed by atoms with Crippen LogP contribution < -0.4 is 10.6 Å².